The standard InChI is InChI=1S/C27H35N3O3/c1-19-20(2)27(33-18-30(4)25-6-5-13-32-17-25)24(16-31)15-23(19)14-21-7-9-22(10-8-21)26(28)11-12-29-3/h7-12,15-16,25,28-29H,5-6,13-14,17-18H2,1-4H3/b12-11-,28-26?. The number of likely N-dealkylation sites (N-methyl/N-ethyl adjacent to an activating group) is 1. The topological polar surface area (TPSA) is 74.7 Å². The Morgan fingerprint density at radius 2 is 2.03 bits per heavy atom. The Balaban J connectivity index is 1.73. The first-order valence-electron chi connectivity index (χ1n) is 11.4. The van der Waals surface area contributed by atoms with Gasteiger partial charge >= 0.3 is 0 Å². The van der Waals surface area contributed by atoms with Crippen LogP contribution in [0.5, 0.6) is 5.75 Å². The van der Waals surface area contributed by atoms with Gasteiger partial charge in [0.1, 0.15) is 12.5 Å². The number of hydrogen-bond acceptors (Lipinski definition) is 6. The zero-order valence-corrected chi connectivity index (χ0v) is 20.1. The molecule has 0 amide bonds. The molecule has 1 atom stereocenters. The van der Waals surface area contributed by atoms with Crippen LogP contribution in [0.15, 0.2) is 42.6 Å². The molecule has 1 fully saturated rings. The number of aldehydes is 1. The Kier molecular flexibility index (Phi) is 8.80. The van der Waals surface area contributed by atoms with Crippen LogP contribution in [-0.4, -0.2) is 57.0 Å². The van der Waals surface area contributed by atoms with Crippen molar-refractivity contribution in [2.24, 2.45) is 0 Å². The van der Waals surface area contributed by atoms with Crippen LogP contribution in [0.2, 0.25) is 0 Å². The summed E-state index contributed by atoms with van der Waals surface area (Å²) in [4.78, 5) is 14.1. The molecule has 176 valence electrons. The number of benzene rings is 2. The number of nitrogens with one attached hydrogen (secondary N) is 2. The molecule has 0 bridgehead atoms. The lowest BCUT2D eigenvalue weighted by Crippen LogP contribution is -2.40. The summed E-state index contributed by atoms with van der Waals surface area (Å²) in [7, 11) is 3.85. The summed E-state index contributed by atoms with van der Waals surface area (Å²) >= 11 is 0. The highest BCUT2D eigenvalue weighted by molar-refractivity contribution is 6.06. The SMILES string of the molecule is CN/C=C\C(=N)c1ccc(Cc2cc(C=O)c(OCN(C)C3CCCOC3)c(C)c2C)cc1. The van der Waals surface area contributed by atoms with Crippen LogP contribution < -0.4 is 10.1 Å². The maximum absolute atomic E-state index is 11.9. The number of carbonyl (C=O) groups is 1. The van der Waals surface area contributed by atoms with Gasteiger partial charge in [0.15, 0.2) is 6.29 Å². The van der Waals surface area contributed by atoms with Crippen molar-refractivity contribution in [2.75, 3.05) is 34.0 Å². The van der Waals surface area contributed by atoms with Crippen LogP contribution in [0.3, 0.4) is 0 Å². The predicted molar refractivity (Wildman–Crippen MR) is 133 cm³/mol. The Labute approximate surface area is 197 Å². The largest absolute Gasteiger partial charge is 0.477 e. The van der Waals surface area contributed by atoms with Gasteiger partial charge in [0.2, 0.25) is 0 Å². The predicted octanol–water partition coefficient (Wildman–Crippen LogP) is 4.25. The first-order chi connectivity index (χ1) is 15.9. The third-order valence-corrected chi connectivity index (χ3v) is 6.35. The quantitative estimate of drug-likeness (QED) is 0.322. The maximum Gasteiger partial charge on any atom is 0.153 e. The number of hydrogen-bond donors (Lipinski definition) is 2. The van der Waals surface area contributed by atoms with E-state index >= 15 is 0 Å². The second kappa shape index (κ2) is 11.8. The molecule has 1 heterocycles. The van der Waals surface area contributed by atoms with Crippen LogP contribution in [0, 0.1) is 19.3 Å². The van der Waals surface area contributed by atoms with Crippen molar-refractivity contribution < 1.29 is 14.3 Å². The lowest BCUT2D eigenvalue weighted by molar-refractivity contribution is 0.00203. The van der Waals surface area contributed by atoms with E-state index in [4.69, 9.17) is 14.9 Å². The molecule has 2 N–H and O–H groups in total. The second-order valence-corrected chi connectivity index (χ2v) is 8.63. The fraction of sp³-hybridized carbons (Fsp3) is 0.407. The average molecular weight is 450 g/mol. The van der Waals surface area contributed by atoms with Crippen molar-refractivity contribution in [3.05, 3.63) is 76.0 Å². The van der Waals surface area contributed by atoms with Crippen molar-refractivity contribution in [1.29, 1.82) is 5.41 Å². The van der Waals surface area contributed by atoms with Gasteiger partial charge < -0.3 is 20.2 Å². The zero-order chi connectivity index (χ0) is 23.8. The Morgan fingerprint density at radius 1 is 1.27 bits per heavy atom. The molecule has 0 aliphatic carbocycles. The zero-order valence-electron chi connectivity index (χ0n) is 20.1. The normalized spacial score (nSPS) is 16.2. The summed E-state index contributed by atoms with van der Waals surface area (Å²) in [5, 5.41) is 11.0. The van der Waals surface area contributed by atoms with Gasteiger partial charge in [-0.1, -0.05) is 24.3 Å². The summed E-state index contributed by atoms with van der Waals surface area (Å²) in [5.74, 6) is 0.662. The molecule has 33 heavy (non-hydrogen) atoms. The van der Waals surface area contributed by atoms with Crippen LogP contribution in [0.4, 0.5) is 0 Å². The summed E-state index contributed by atoms with van der Waals surface area (Å²) in [6, 6.07) is 10.3. The van der Waals surface area contributed by atoms with Gasteiger partial charge in [0.25, 0.3) is 0 Å². The fourth-order valence-electron chi connectivity index (χ4n) is 4.08. The molecule has 0 saturated carbocycles. The number of nitrogens with zero attached hydrogens (tertiary/aromatic N) is 1. The van der Waals surface area contributed by atoms with E-state index in [1.165, 1.54) is 0 Å². The van der Waals surface area contributed by atoms with Crippen LogP contribution in [0.25, 0.3) is 0 Å². The molecule has 1 unspecified atom stereocenters. The lowest BCUT2D eigenvalue weighted by atomic mass is 9.93. The van der Waals surface area contributed by atoms with Crippen molar-refractivity contribution in [1.82, 2.24) is 10.2 Å². The van der Waals surface area contributed by atoms with E-state index in [9.17, 15) is 4.79 Å². The van der Waals surface area contributed by atoms with Gasteiger partial charge in [-0.05, 0) is 86.3 Å². The van der Waals surface area contributed by atoms with E-state index in [2.05, 4.69) is 17.1 Å². The molecule has 1 saturated heterocycles. The summed E-state index contributed by atoms with van der Waals surface area (Å²) in [6.07, 6.45) is 7.24. The highest BCUT2D eigenvalue weighted by atomic mass is 16.5. The third kappa shape index (κ3) is 6.30. The van der Waals surface area contributed by atoms with Gasteiger partial charge in [0.05, 0.1) is 17.9 Å². The molecular formula is C27H35N3O3. The van der Waals surface area contributed by atoms with Gasteiger partial charge in [0, 0.05) is 19.7 Å². The number of carbonyl (C=O) groups excluding carboxylic acids is 1. The van der Waals surface area contributed by atoms with Gasteiger partial charge in [-0.15, -0.1) is 0 Å². The summed E-state index contributed by atoms with van der Waals surface area (Å²) < 4.78 is 11.7. The minimum atomic E-state index is 0.345. The Bertz CT molecular complexity index is 993. The minimum Gasteiger partial charge on any atom is -0.477 e. The number of rotatable bonds is 10. The average Bonchev–Trinajstić information content (AvgIpc) is 2.85. The summed E-state index contributed by atoms with van der Waals surface area (Å²) in [5.41, 5.74) is 6.27. The van der Waals surface area contributed by atoms with Gasteiger partial charge in [-0.3, -0.25) is 9.69 Å². The lowest BCUT2D eigenvalue weighted by Gasteiger charge is -2.31. The molecule has 1 aliphatic rings. The highest BCUT2D eigenvalue weighted by Crippen LogP contribution is 2.30. The molecule has 2 aromatic carbocycles. The minimum absolute atomic E-state index is 0.345. The van der Waals surface area contributed by atoms with E-state index in [1.54, 1.807) is 12.3 Å². The van der Waals surface area contributed by atoms with Gasteiger partial charge in [-0.25, -0.2) is 0 Å². The number of ether oxygens (including phenoxy) is 2. The first-order valence-corrected chi connectivity index (χ1v) is 11.4. The molecule has 6 nitrogen and oxygen atoms in total. The smallest absolute Gasteiger partial charge is 0.153 e. The first kappa shape index (κ1) is 24.7. The third-order valence-electron chi connectivity index (χ3n) is 6.35. The fourth-order valence-corrected chi connectivity index (χ4v) is 4.08. The van der Waals surface area contributed by atoms with E-state index in [1.807, 2.05) is 51.4 Å². The molecule has 0 aromatic heterocycles. The molecule has 1 aliphatic heterocycles. The van der Waals surface area contributed by atoms with Gasteiger partial charge in [-0.2, -0.15) is 0 Å². The highest BCUT2D eigenvalue weighted by Gasteiger charge is 2.20. The van der Waals surface area contributed by atoms with Crippen molar-refractivity contribution >= 4 is 12.0 Å². The van der Waals surface area contributed by atoms with E-state index in [-0.39, 0.29) is 0 Å². The van der Waals surface area contributed by atoms with Crippen LogP contribution >= 0.6 is 0 Å². The van der Waals surface area contributed by atoms with E-state index in [0.29, 0.717) is 36.2 Å². The van der Waals surface area contributed by atoms with Crippen molar-refractivity contribution in [3.63, 3.8) is 0 Å². The van der Waals surface area contributed by atoms with E-state index < -0.39 is 0 Å². The molecule has 0 radical (unpaired) electrons. The molecule has 6 heteroatoms. The molecular weight excluding hydrogens is 414 g/mol. The second-order valence-electron chi connectivity index (χ2n) is 8.63. The van der Waals surface area contributed by atoms with Crippen LogP contribution in [-0.2, 0) is 11.2 Å². The molecule has 0 spiro atoms. The van der Waals surface area contributed by atoms with Crippen molar-refractivity contribution in [2.45, 2.75) is 39.2 Å². The summed E-state index contributed by atoms with van der Waals surface area (Å²) in [6.45, 7) is 6.07. The Hall–Kier alpha value is -2.96. The monoisotopic (exact) mass is 449 g/mol. The van der Waals surface area contributed by atoms with Crippen LogP contribution in [0.1, 0.15) is 51.0 Å². The maximum atomic E-state index is 11.9. The molecule has 2 aromatic rings. The van der Waals surface area contributed by atoms with E-state index in [0.717, 1.165) is 60.2 Å². The molecule has 3 rings (SSSR count). The number of allylic oxidation sites excluding steroid dienone is 1. The Morgan fingerprint density at radius 3 is 2.67 bits per heavy atom. The van der Waals surface area contributed by atoms with Crippen molar-refractivity contribution in [3.8, 4) is 5.75 Å².